The summed E-state index contributed by atoms with van der Waals surface area (Å²) in [5.74, 6) is 0. The maximum Gasteiger partial charge on any atom is 0.0900 e. The Hall–Kier alpha value is -1.19. The Balaban J connectivity index is 2.27. The van der Waals surface area contributed by atoms with Crippen molar-refractivity contribution >= 4 is 11.3 Å². The van der Waals surface area contributed by atoms with Gasteiger partial charge in [0.05, 0.1) is 10.7 Å². The molecule has 0 bridgehead atoms. The maximum atomic E-state index is 4.57. The second kappa shape index (κ2) is 6.51. The minimum absolute atomic E-state index is 0.368. The van der Waals surface area contributed by atoms with Crippen molar-refractivity contribution in [3.63, 3.8) is 0 Å². The highest BCUT2D eigenvalue weighted by Crippen LogP contribution is 2.28. The summed E-state index contributed by atoms with van der Waals surface area (Å²) in [6.45, 7) is 11.7. The van der Waals surface area contributed by atoms with E-state index in [1.807, 2.05) is 11.3 Å². The van der Waals surface area contributed by atoms with Gasteiger partial charge < -0.3 is 5.32 Å². The van der Waals surface area contributed by atoms with Crippen LogP contribution in [0.1, 0.15) is 45.2 Å². The molecule has 1 heterocycles. The van der Waals surface area contributed by atoms with Crippen LogP contribution in [0.2, 0.25) is 0 Å². The molecule has 0 spiro atoms. The molecule has 0 aliphatic carbocycles. The number of nitrogens with one attached hydrogen (secondary N) is 1. The standard InChI is InChI=1S/C17H24N2S/c1-6-18-16(17-13(4)19-14(5)20-17)10-15-8-11(2)7-12(3)9-15/h7-9,16,18H,6,10H2,1-5H3. The van der Waals surface area contributed by atoms with Gasteiger partial charge in [-0.1, -0.05) is 36.2 Å². The van der Waals surface area contributed by atoms with Crippen LogP contribution in [0.5, 0.6) is 0 Å². The van der Waals surface area contributed by atoms with Gasteiger partial charge in [0.1, 0.15) is 0 Å². The summed E-state index contributed by atoms with van der Waals surface area (Å²) in [4.78, 5) is 5.95. The lowest BCUT2D eigenvalue weighted by Gasteiger charge is -2.18. The summed E-state index contributed by atoms with van der Waals surface area (Å²) in [5, 5.41) is 4.76. The van der Waals surface area contributed by atoms with Crippen molar-refractivity contribution in [2.24, 2.45) is 0 Å². The Morgan fingerprint density at radius 1 is 1.10 bits per heavy atom. The Kier molecular flexibility index (Phi) is 4.95. The normalized spacial score (nSPS) is 12.7. The zero-order chi connectivity index (χ0) is 14.7. The van der Waals surface area contributed by atoms with E-state index in [9.17, 15) is 0 Å². The van der Waals surface area contributed by atoms with Crippen molar-refractivity contribution in [1.82, 2.24) is 10.3 Å². The van der Waals surface area contributed by atoms with Gasteiger partial charge in [-0.25, -0.2) is 4.98 Å². The molecule has 0 saturated carbocycles. The first-order chi connectivity index (χ1) is 9.49. The largest absolute Gasteiger partial charge is 0.309 e. The molecule has 0 saturated heterocycles. The summed E-state index contributed by atoms with van der Waals surface area (Å²) in [7, 11) is 0. The summed E-state index contributed by atoms with van der Waals surface area (Å²) in [5.41, 5.74) is 5.25. The zero-order valence-corrected chi connectivity index (χ0v) is 13.9. The first kappa shape index (κ1) is 15.2. The minimum Gasteiger partial charge on any atom is -0.309 e. The highest BCUT2D eigenvalue weighted by atomic mass is 32.1. The Morgan fingerprint density at radius 2 is 1.75 bits per heavy atom. The number of thiazole rings is 1. The Bertz CT molecular complexity index is 566. The molecule has 1 unspecified atom stereocenters. The number of hydrogen-bond donors (Lipinski definition) is 1. The third-order valence-electron chi connectivity index (χ3n) is 3.43. The van der Waals surface area contributed by atoms with Crippen LogP contribution in [0, 0.1) is 27.7 Å². The lowest BCUT2D eigenvalue weighted by atomic mass is 10.00. The van der Waals surface area contributed by atoms with E-state index in [1.54, 1.807) is 0 Å². The first-order valence-corrected chi connectivity index (χ1v) is 8.05. The molecule has 0 aliphatic rings. The molecular formula is C17H24N2S. The average Bonchev–Trinajstić information content (AvgIpc) is 2.66. The summed E-state index contributed by atoms with van der Waals surface area (Å²) in [6.07, 6.45) is 1.03. The van der Waals surface area contributed by atoms with Gasteiger partial charge in [0.25, 0.3) is 0 Å². The van der Waals surface area contributed by atoms with Crippen LogP contribution in [0.15, 0.2) is 18.2 Å². The van der Waals surface area contributed by atoms with Crippen molar-refractivity contribution in [2.75, 3.05) is 6.54 Å². The number of rotatable bonds is 5. The van der Waals surface area contributed by atoms with Crippen LogP contribution >= 0.6 is 11.3 Å². The van der Waals surface area contributed by atoms with E-state index >= 15 is 0 Å². The molecule has 3 heteroatoms. The highest BCUT2D eigenvalue weighted by molar-refractivity contribution is 7.11. The first-order valence-electron chi connectivity index (χ1n) is 7.24. The van der Waals surface area contributed by atoms with Gasteiger partial charge >= 0.3 is 0 Å². The van der Waals surface area contributed by atoms with Crippen molar-refractivity contribution in [1.29, 1.82) is 0 Å². The maximum absolute atomic E-state index is 4.57. The quantitative estimate of drug-likeness (QED) is 0.888. The van der Waals surface area contributed by atoms with E-state index < -0.39 is 0 Å². The van der Waals surface area contributed by atoms with Crippen LogP contribution in [-0.4, -0.2) is 11.5 Å². The smallest absolute Gasteiger partial charge is 0.0900 e. The van der Waals surface area contributed by atoms with E-state index in [0.29, 0.717) is 6.04 Å². The molecule has 1 N–H and O–H groups in total. The third-order valence-corrected chi connectivity index (χ3v) is 4.61. The number of hydrogen-bond acceptors (Lipinski definition) is 3. The Labute approximate surface area is 126 Å². The van der Waals surface area contributed by atoms with Crippen LogP contribution in [0.3, 0.4) is 0 Å². The molecule has 2 nitrogen and oxygen atoms in total. The fourth-order valence-corrected chi connectivity index (χ4v) is 3.80. The van der Waals surface area contributed by atoms with Crippen molar-refractivity contribution in [3.8, 4) is 0 Å². The number of benzene rings is 1. The molecule has 2 aromatic rings. The van der Waals surface area contributed by atoms with E-state index in [4.69, 9.17) is 0 Å². The van der Waals surface area contributed by atoms with Crippen LogP contribution in [0.4, 0.5) is 0 Å². The van der Waals surface area contributed by atoms with Gasteiger partial charge in [-0.2, -0.15) is 0 Å². The SMILES string of the molecule is CCNC(Cc1cc(C)cc(C)c1)c1sc(C)nc1C. The fraction of sp³-hybridized carbons (Fsp3) is 0.471. The van der Waals surface area contributed by atoms with E-state index in [1.165, 1.54) is 27.3 Å². The topological polar surface area (TPSA) is 24.9 Å². The van der Waals surface area contributed by atoms with Crippen molar-refractivity contribution in [2.45, 2.75) is 47.1 Å². The molecule has 20 heavy (non-hydrogen) atoms. The molecule has 1 aromatic carbocycles. The van der Waals surface area contributed by atoms with Crippen LogP contribution in [-0.2, 0) is 6.42 Å². The summed E-state index contributed by atoms with van der Waals surface area (Å²) >= 11 is 1.82. The lowest BCUT2D eigenvalue weighted by Crippen LogP contribution is -2.22. The van der Waals surface area contributed by atoms with Gasteiger partial charge in [-0.05, 0) is 46.2 Å². The van der Waals surface area contributed by atoms with Crippen LogP contribution in [0.25, 0.3) is 0 Å². The van der Waals surface area contributed by atoms with Gasteiger partial charge in [0.2, 0.25) is 0 Å². The van der Waals surface area contributed by atoms with Gasteiger partial charge in [-0.15, -0.1) is 11.3 Å². The molecule has 1 aromatic heterocycles. The monoisotopic (exact) mass is 288 g/mol. The van der Waals surface area contributed by atoms with Crippen molar-refractivity contribution in [3.05, 3.63) is 50.5 Å². The van der Waals surface area contributed by atoms with Gasteiger partial charge in [-0.3, -0.25) is 0 Å². The summed E-state index contributed by atoms with van der Waals surface area (Å²) < 4.78 is 0. The number of aromatic nitrogens is 1. The highest BCUT2D eigenvalue weighted by Gasteiger charge is 2.17. The molecular weight excluding hydrogens is 264 g/mol. The molecule has 2 rings (SSSR count). The predicted molar refractivity (Wildman–Crippen MR) is 87.6 cm³/mol. The average molecular weight is 288 g/mol. The van der Waals surface area contributed by atoms with Crippen molar-refractivity contribution < 1.29 is 0 Å². The van der Waals surface area contributed by atoms with E-state index in [0.717, 1.165) is 18.0 Å². The second-order valence-electron chi connectivity index (χ2n) is 5.49. The molecule has 0 radical (unpaired) electrons. The summed E-state index contributed by atoms with van der Waals surface area (Å²) in [6, 6.07) is 7.18. The van der Waals surface area contributed by atoms with Crippen LogP contribution < -0.4 is 5.32 Å². The number of aryl methyl sites for hydroxylation is 4. The lowest BCUT2D eigenvalue weighted by molar-refractivity contribution is 0.554. The number of likely N-dealkylation sites (N-methyl/N-ethyl adjacent to an activating group) is 1. The zero-order valence-electron chi connectivity index (χ0n) is 13.1. The van der Waals surface area contributed by atoms with Gasteiger partial charge in [0, 0.05) is 10.9 Å². The van der Waals surface area contributed by atoms with E-state index in [-0.39, 0.29) is 0 Å². The third kappa shape index (κ3) is 3.68. The fourth-order valence-electron chi connectivity index (χ4n) is 2.80. The minimum atomic E-state index is 0.368. The number of nitrogens with zero attached hydrogens (tertiary/aromatic N) is 1. The molecule has 108 valence electrons. The molecule has 0 fully saturated rings. The molecule has 0 amide bonds. The second-order valence-corrected chi connectivity index (χ2v) is 6.73. The van der Waals surface area contributed by atoms with Gasteiger partial charge in [0.15, 0.2) is 0 Å². The molecule has 0 aliphatic heterocycles. The predicted octanol–water partition coefficient (Wildman–Crippen LogP) is 4.27. The Morgan fingerprint density at radius 3 is 2.25 bits per heavy atom. The molecule has 1 atom stereocenters. The van der Waals surface area contributed by atoms with E-state index in [2.05, 4.69) is 63.1 Å².